The fraction of sp³-hybridized carbons (Fsp3) is 0. The summed E-state index contributed by atoms with van der Waals surface area (Å²) in [6.07, 6.45) is 1.39. The van der Waals surface area contributed by atoms with E-state index < -0.39 is 10.0 Å². The van der Waals surface area contributed by atoms with E-state index >= 15 is 0 Å². The molecule has 0 saturated heterocycles. The van der Waals surface area contributed by atoms with E-state index in [4.69, 9.17) is 10.9 Å². The summed E-state index contributed by atoms with van der Waals surface area (Å²) < 4.78 is 21.1. The van der Waals surface area contributed by atoms with Crippen LogP contribution in [0, 0.1) is 0 Å². The first-order valence-corrected chi connectivity index (χ1v) is 5.15. The van der Waals surface area contributed by atoms with Crippen molar-refractivity contribution in [3.63, 3.8) is 0 Å². The number of benzene rings is 1. The molecule has 4 N–H and O–H groups in total. The van der Waals surface area contributed by atoms with Crippen molar-refractivity contribution in [3.05, 3.63) is 35.2 Å². The zero-order valence-corrected chi connectivity index (χ0v) is 7.66. The molecule has 0 heterocycles. The third-order valence-electron chi connectivity index (χ3n) is 1.36. The van der Waals surface area contributed by atoms with E-state index in [0.717, 1.165) is 5.41 Å². The average molecular weight is 198 g/mol. The molecule has 0 amide bonds. The minimum atomic E-state index is -3.56. The van der Waals surface area contributed by atoms with Crippen LogP contribution in [0.2, 0.25) is 0 Å². The van der Waals surface area contributed by atoms with E-state index in [0.29, 0.717) is 11.3 Å². The zero-order valence-electron chi connectivity index (χ0n) is 6.84. The molecule has 0 saturated carbocycles. The Morgan fingerprint density at radius 1 is 1.31 bits per heavy atom. The van der Waals surface area contributed by atoms with Gasteiger partial charge in [-0.15, -0.1) is 0 Å². The van der Waals surface area contributed by atoms with Crippen LogP contribution in [0.15, 0.2) is 29.7 Å². The van der Waals surface area contributed by atoms with Crippen LogP contribution in [0.25, 0.3) is 6.08 Å². The van der Waals surface area contributed by atoms with Crippen molar-refractivity contribution in [2.75, 3.05) is 5.73 Å². The van der Waals surface area contributed by atoms with Gasteiger partial charge in [0.2, 0.25) is 10.0 Å². The van der Waals surface area contributed by atoms with Gasteiger partial charge in [-0.3, -0.25) is 0 Å². The summed E-state index contributed by atoms with van der Waals surface area (Å²) >= 11 is 0. The Kier molecular flexibility index (Phi) is 2.69. The molecule has 1 rings (SSSR count). The molecule has 1 aromatic rings. The normalized spacial score (nSPS) is 12.1. The number of anilines is 1. The second-order valence-electron chi connectivity index (χ2n) is 2.56. The van der Waals surface area contributed by atoms with Gasteiger partial charge in [-0.05, 0) is 23.8 Å². The van der Waals surface area contributed by atoms with Crippen LogP contribution in [0.3, 0.4) is 0 Å². The maximum atomic E-state index is 10.5. The minimum absolute atomic E-state index is 0.580. The largest absolute Gasteiger partial charge is 0.399 e. The minimum Gasteiger partial charge on any atom is -0.399 e. The van der Waals surface area contributed by atoms with Gasteiger partial charge in [0.1, 0.15) is 0 Å². The Hall–Kier alpha value is -1.33. The van der Waals surface area contributed by atoms with Gasteiger partial charge in [0, 0.05) is 11.1 Å². The first-order chi connectivity index (χ1) is 5.97. The first kappa shape index (κ1) is 9.76. The van der Waals surface area contributed by atoms with Gasteiger partial charge >= 0.3 is 0 Å². The number of rotatable bonds is 2. The molecule has 0 aromatic heterocycles. The van der Waals surface area contributed by atoms with Gasteiger partial charge in [-0.2, -0.15) is 0 Å². The zero-order chi connectivity index (χ0) is 9.90. The molecule has 0 atom stereocenters. The van der Waals surface area contributed by atoms with Crippen LogP contribution in [0.4, 0.5) is 5.69 Å². The Bertz CT molecular complexity index is 424. The highest BCUT2D eigenvalue weighted by molar-refractivity contribution is 7.92. The number of hydrogen-bond donors (Lipinski definition) is 2. The van der Waals surface area contributed by atoms with Crippen molar-refractivity contribution >= 4 is 21.8 Å². The molecule has 1 aromatic carbocycles. The van der Waals surface area contributed by atoms with Crippen molar-refractivity contribution in [1.82, 2.24) is 0 Å². The van der Waals surface area contributed by atoms with Crippen LogP contribution in [-0.2, 0) is 10.0 Å². The molecular formula is C8H10N2O2S. The number of nitrogens with two attached hydrogens (primary N) is 2. The fourth-order valence-electron chi connectivity index (χ4n) is 0.836. The van der Waals surface area contributed by atoms with Gasteiger partial charge in [0.05, 0.1) is 0 Å². The predicted molar refractivity (Wildman–Crippen MR) is 53.0 cm³/mol. The molecule has 0 bridgehead atoms. The summed E-state index contributed by atoms with van der Waals surface area (Å²) in [5.41, 5.74) is 6.77. The molecule has 0 aliphatic rings. The number of primary sulfonamides is 1. The van der Waals surface area contributed by atoms with Gasteiger partial charge in [0.25, 0.3) is 0 Å². The lowest BCUT2D eigenvalue weighted by molar-refractivity contribution is 0.606. The summed E-state index contributed by atoms with van der Waals surface area (Å²) in [6.45, 7) is 0. The van der Waals surface area contributed by atoms with Crippen LogP contribution >= 0.6 is 0 Å². The molecule has 13 heavy (non-hydrogen) atoms. The van der Waals surface area contributed by atoms with Crippen LogP contribution in [-0.4, -0.2) is 8.42 Å². The molecule has 70 valence electrons. The lowest BCUT2D eigenvalue weighted by Crippen LogP contribution is -2.06. The molecule has 0 aliphatic heterocycles. The summed E-state index contributed by atoms with van der Waals surface area (Å²) in [5, 5.41) is 5.71. The molecule has 0 fully saturated rings. The highest BCUT2D eigenvalue weighted by Crippen LogP contribution is 2.08. The van der Waals surface area contributed by atoms with E-state index in [1.807, 2.05) is 0 Å². The second kappa shape index (κ2) is 3.59. The monoisotopic (exact) mass is 198 g/mol. The van der Waals surface area contributed by atoms with E-state index in [-0.39, 0.29) is 0 Å². The molecule has 0 radical (unpaired) electrons. The predicted octanol–water partition coefficient (Wildman–Crippen LogP) is 0.528. The Morgan fingerprint density at radius 3 is 2.54 bits per heavy atom. The average Bonchev–Trinajstić information content (AvgIpc) is 2.00. The summed E-state index contributed by atoms with van der Waals surface area (Å²) in [6, 6.07) is 6.84. The summed E-state index contributed by atoms with van der Waals surface area (Å²) in [5.74, 6) is 0. The van der Waals surface area contributed by atoms with Gasteiger partial charge in [-0.25, -0.2) is 13.6 Å². The molecular weight excluding hydrogens is 188 g/mol. The number of hydrogen-bond acceptors (Lipinski definition) is 3. The van der Waals surface area contributed by atoms with Crippen molar-refractivity contribution < 1.29 is 8.42 Å². The molecule has 5 heteroatoms. The number of sulfonamides is 1. The third-order valence-corrected chi connectivity index (χ3v) is 1.88. The lowest BCUT2D eigenvalue weighted by Gasteiger charge is -1.94. The van der Waals surface area contributed by atoms with Crippen molar-refractivity contribution in [3.8, 4) is 0 Å². The summed E-state index contributed by atoms with van der Waals surface area (Å²) in [7, 11) is -3.56. The van der Waals surface area contributed by atoms with Crippen molar-refractivity contribution in [2.45, 2.75) is 0 Å². The van der Waals surface area contributed by atoms with Gasteiger partial charge in [-0.1, -0.05) is 12.1 Å². The van der Waals surface area contributed by atoms with Gasteiger partial charge < -0.3 is 5.73 Å². The smallest absolute Gasteiger partial charge is 0.231 e. The highest BCUT2D eigenvalue weighted by Gasteiger charge is 1.93. The van der Waals surface area contributed by atoms with Crippen molar-refractivity contribution in [2.24, 2.45) is 5.14 Å². The maximum absolute atomic E-state index is 10.5. The Labute approximate surface area is 76.9 Å². The van der Waals surface area contributed by atoms with Crippen LogP contribution < -0.4 is 10.9 Å². The van der Waals surface area contributed by atoms with Crippen molar-refractivity contribution in [1.29, 1.82) is 0 Å². The van der Waals surface area contributed by atoms with E-state index in [1.165, 1.54) is 6.08 Å². The standard InChI is InChI=1S/C8H10N2O2S/c9-8-3-1-2-7(6-8)4-5-13(10,11)12/h1-6H,9H2,(H2,10,11,12)/b5-4+. The quantitative estimate of drug-likeness (QED) is 0.679. The van der Waals surface area contributed by atoms with Gasteiger partial charge in [0.15, 0.2) is 0 Å². The number of nitrogen functional groups attached to an aromatic ring is 1. The van der Waals surface area contributed by atoms with E-state index in [9.17, 15) is 8.42 Å². The van der Waals surface area contributed by atoms with E-state index in [1.54, 1.807) is 24.3 Å². The second-order valence-corrected chi connectivity index (χ2v) is 4.01. The Balaban J connectivity index is 2.93. The molecule has 4 nitrogen and oxygen atoms in total. The molecule has 0 spiro atoms. The molecule has 0 aliphatic carbocycles. The SMILES string of the molecule is Nc1cccc(/C=C/S(N)(=O)=O)c1. The van der Waals surface area contributed by atoms with E-state index in [2.05, 4.69) is 0 Å². The fourth-order valence-corrected chi connectivity index (χ4v) is 1.18. The summed E-state index contributed by atoms with van der Waals surface area (Å²) in [4.78, 5) is 0. The third kappa shape index (κ3) is 3.73. The Morgan fingerprint density at radius 2 is 2.00 bits per heavy atom. The topological polar surface area (TPSA) is 86.2 Å². The molecule has 0 unspecified atom stereocenters. The van der Waals surface area contributed by atoms with Crippen LogP contribution in [0.1, 0.15) is 5.56 Å². The first-order valence-electron chi connectivity index (χ1n) is 3.54. The lowest BCUT2D eigenvalue weighted by atomic mass is 10.2. The maximum Gasteiger partial charge on any atom is 0.231 e. The highest BCUT2D eigenvalue weighted by atomic mass is 32.2. The van der Waals surface area contributed by atoms with Crippen LogP contribution in [0.5, 0.6) is 0 Å².